The van der Waals surface area contributed by atoms with Gasteiger partial charge in [-0.1, -0.05) is 62.4 Å². The molecule has 0 bridgehead atoms. The largest absolute Gasteiger partial charge is 0.479 e. The second-order valence-corrected chi connectivity index (χ2v) is 9.77. The van der Waals surface area contributed by atoms with Crippen molar-refractivity contribution in [2.24, 2.45) is 11.3 Å². The maximum absolute atomic E-state index is 12.7. The first-order valence-electron chi connectivity index (χ1n) is 12.0. The van der Waals surface area contributed by atoms with Crippen LogP contribution < -0.4 is 10.6 Å². The third kappa shape index (κ3) is 5.48. The fourth-order valence-corrected chi connectivity index (χ4v) is 4.82. The standard InChI is InChI=1S/C27H32N2O6/c1-27(2,25(32)29-15-17-11-14-34-23(17)24(30)31)12-13-28-26(33)35-16-22-20-9-5-3-7-18(20)19-8-4-6-10-21(19)22/h3-10,17,22-23H,11-16H2,1-2H3,(H,28,33)(H,29,32)(H,30,31). The average Bonchev–Trinajstić information content (AvgIpc) is 3.44. The molecule has 8 nitrogen and oxygen atoms in total. The van der Waals surface area contributed by atoms with Gasteiger partial charge in [0.15, 0.2) is 6.10 Å². The number of hydrogen-bond acceptors (Lipinski definition) is 5. The molecule has 1 aliphatic heterocycles. The van der Waals surface area contributed by atoms with Crippen LogP contribution in [0.5, 0.6) is 0 Å². The second kappa shape index (κ2) is 10.5. The highest BCUT2D eigenvalue weighted by Crippen LogP contribution is 2.44. The van der Waals surface area contributed by atoms with E-state index in [1.54, 1.807) is 13.8 Å². The number of nitrogens with one attached hydrogen (secondary N) is 2. The molecule has 186 valence electrons. The van der Waals surface area contributed by atoms with Gasteiger partial charge in [0.25, 0.3) is 0 Å². The van der Waals surface area contributed by atoms with E-state index in [1.807, 2.05) is 24.3 Å². The van der Waals surface area contributed by atoms with E-state index in [0.29, 0.717) is 19.4 Å². The summed E-state index contributed by atoms with van der Waals surface area (Å²) in [5, 5.41) is 14.8. The summed E-state index contributed by atoms with van der Waals surface area (Å²) in [5.41, 5.74) is 3.90. The Morgan fingerprint density at radius 2 is 1.66 bits per heavy atom. The number of carbonyl (C=O) groups is 3. The molecule has 0 saturated carbocycles. The molecule has 1 aliphatic carbocycles. The van der Waals surface area contributed by atoms with Crippen LogP contribution in [0.3, 0.4) is 0 Å². The van der Waals surface area contributed by atoms with Crippen molar-refractivity contribution in [3.8, 4) is 11.1 Å². The highest BCUT2D eigenvalue weighted by Gasteiger charge is 2.36. The number of ether oxygens (including phenoxy) is 2. The quantitative estimate of drug-likeness (QED) is 0.506. The number of rotatable bonds is 9. The third-order valence-corrected chi connectivity index (χ3v) is 6.96. The molecule has 0 aromatic heterocycles. The monoisotopic (exact) mass is 480 g/mol. The summed E-state index contributed by atoms with van der Waals surface area (Å²) in [7, 11) is 0. The lowest BCUT2D eigenvalue weighted by Crippen LogP contribution is -2.43. The maximum atomic E-state index is 12.7. The van der Waals surface area contributed by atoms with E-state index in [2.05, 4.69) is 34.9 Å². The van der Waals surface area contributed by atoms with Crippen LogP contribution in [0.2, 0.25) is 0 Å². The van der Waals surface area contributed by atoms with E-state index < -0.39 is 23.6 Å². The summed E-state index contributed by atoms with van der Waals surface area (Å²) in [6, 6.07) is 16.3. The molecule has 2 amide bonds. The fraction of sp³-hybridized carbons (Fsp3) is 0.444. The Morgan fingerprint density at radius 3 is 2.29 bits per heavy atom. The molecular weight excluding hydrogens is 448 g/mol. The van der Waals surface area contributed by atoms with E-state index in [-0.39, 0.29) is 37.4 Å². The topological polar surface area (TPSA) is 114 Å². The van der Waals surface area contributed by atoms with Crippen LogP contribution in [0.4, 0.5) is 4.79 Å². The Bertz CT molecular complexity index is 1050. The summed E-state index contributed by atoms with van der Waals surface area (Å²) in [6.45, 7) is 4.73. The van der Waals surface area contributed by atoms with Gasteiger partial charge >= 0.3 is 12.1 Å². The average molecular weight is 481 g/mol. The summed E-state index contributed by atoms with van der Waals surface area (Å²) >= 11 is 0. The van der Waals surface area contributed by atoms with Crippen molar-refractivity contribution in [2.45, 2.75) is 38.7 Å². The van der Waals surface area contributed by atoms with Gasteiger partial charge in [-0.15, -0.1) is 0 Å². The lowest BCUT2D eigenvalue weighted by atomic mass is 9.88. The molecule has 8 heteroatoms. The van der Waals surface area contributed by atoms with Crippen LogP contribution in [0, 0.1) is 11.3 Å². The van der Waals surface area contributed by atoms with Crippen LogP contribution in [0.1, 0.15) is 43.7 Å². The van der Waals surface area contributed by atoms with Crippen molar-refractivity contribution < 1.29 is 29.0 Å². The minimum Gasteiger partial charge on any atom is -0.479 e. The van der Waals surface area contributed by atoms with Gasteiger partial charge in [-0.3, -0.25) is 4.79 Å². The van der Waals surface area contributed by atoms with Gasteiger partial charge in [0.2, 0.25) is 5.91 Å². The molecule has 0 spiro atoms. The normalized spacial score (nSPS) is 19.0. The van der Waals surface area contributed by atoms with E-state index in [4.69, 9.17) is 9.47 Å². The number of carbonyl (C=O) groups excluding carboxylic acids is 2. The third-order valence-electron chi connectivity index (χ3n) is 6.96. The minimum absolute atomic E-state index is 0.00966. The predicted octanol–water partition coefficient (Wildman–Crippen LogP) is 3.55. The first-order chi connectivity index (χ1) is 16.8. The molecule has 4 rings (SSSR count). The SMILES string of the molecule is CC(C)(CCNC(=O)OCC1c2ccccc2-c2ccccc21)C(=O)NCC1CCOC1C(=O)O. The number of benzene rings is 2. The van der Waals surface area contributed by atoms with E-state index in [9.17, 15) is 19.5 Å². The highest BCUT2D eigenvalue weighted by molar-refractivity contribution is 5.82. The summed E-state index contributed by atoms with van der Waals surface area (Å²) in [4.78, 5) is 36.3. The lowest BCUT2D eigenvalue weighted by Gasteiger charge is -2.25. The van der Waals surface area contributed by atoms with Crippen molar-refractivity contribution in [2.75, 3.05) is 26.3 Å². The maximum Gasteiger partial charge on any atom is 0.407 e. The minimum atomic E-state index is -1.01. The van der Waals surface area contributed by atoms with Crippen molar-refractivity contribution >= 4 is 18.0 Å². The van der Waals surface area contributed by atoms with Gasteiger partial charge in [0, 0.05) is 36.9 Å². The molecule has 0 radical (unpaired) electrons. The van der Waals surface area contributed by atoms with Crippen LogP contribution in [0.25, 0.3) is 11.1 Å². The zero-order valence-electron chi connectivity index (χ0n) is 20.1. The molecule has 2 aromatic rings. The van der Waals surface area contributed by atoms with Crippen LogP contribution in [-0.4, -0.2) is 55.5 Å². The molecule has 2 atom stereocenters. The molecule has 35 heavy (non-hydrogen) atoms. The van der Waals surface area contributed by atoms with Gasteiger partial charge in [-0.05, 0) is 35.1 Å². The van der Waals surface area contributed by atoms with Crippen LogP contribution >= 0.6 is 0 Å². The number of fused-ring (bicyclic) bond motifs is 3. The summed E-state index contributed by atoms with van der Waals surface area (Å²) in [5.74, 6) is -1.45. The molecule has 3 N–H and O–H groups in total. The van der Waals surface area contributed by atoms with Gasteiger partial charge < -0.3 is 25.2 Å². The Kier molecular flexibility index (Phi) is 7.40. The highest BCUT2D eigenvalue weighted by atomic mass is 16.5. The lowest BCUT2D eigenvalue weighted by molar-refractivity contribution is -0.149. The van der Waals surface area contributed by atoms with Gasteiger partial charge in [0.1, 0.15) is 6.61 Å². The number of amides is 2. The number of hydrogen-bond donors (Lipinski definition) is 3. The van der Waals surface area contributed by atoms with Crippen LogP contribution in [0.15, 0.2) is 48.5 Å². The summed E-state index contributed by atoms with van der Waals surface area (Å²) in [6.07, 6.45) is -0.391. The number of carboxylic acids is 1. The molecule has 1 fully saturated rings. The molecule has 1 heterocycles. The van der Waals surface area contributed by atoms with E-state index in [0.717, 1.165) is 11.1 Å². The first-order valence-corrected chi connectivity index (χ1v) is 12.0. The van der Waals surface area contributed by atoms with Crippen molar-refractivity contribution in [1.82, 2.24) is 10.6 Å². The summed E-state index contributed by atoms with van der Waals surface area (Å²) < 4.78 is 10.8. The molecule has 2 aliphatic rings. The number of carboxylic acid groups (broad SMARTS) is 1. The van der Waals surface area contributed by atoms with E-state index >= 15 is 0 Å². The molecule has 2 aromatic carbocycles. The second-order valence-electron chi connectivity index (χ2n) is 9.77. The van der Waals surface area contributed by atoms with Crippen LogP contribution in [-0.2, 0) is 19.1 Å². The Hall–Kier alpha value is -3.39. The van der Waals surface area contributed by atoms with Gasteiger partial charge in [0.05, 0.1) is 0 Å². The van der Waals surface area contributed by atoms with Gasteiger partial charge in [-0.25, -0.2) is 9.59 Å². The van der Waals surface area contributed by atoms with Crippen molar-refractivity contribution in [1.29, 1.82) is 0 Å². The fourth-order valence-electron chi connectivity index (χ4n) is 4.82. The Labute approximate surface area is 205 Å². The number of alkyl carbamates (subject to hydrolysis) is 1. The smallest absolute Gasteiger partial charge is 0.407 e. The molecule has 2 unspecified atom stereocenters. The zero-order chi connectivity index (χ0) is 25.0. The van der Waals surface area contributed by atoms with Gasteiger partial charge in [-0.2, -0.15) is 0 Å². The van der Waals surface area contributed by atoms with E-state index in [1.165, 1.54) is 11.1 Å². The molecular formula is C27H32N2O6. The van der Waals surface area contributed by atoms with Crippen molar-refractivity contribution in [3.63, 3.8) is 0 Å². The number of aliphatic carboxylic acids is 1. The Morgan fingerprint density at radius 1 is 1.03 bits per heavy atom. The Balaban J connectivity index is 1.23. The molecule has 1 saturated heterocycles. The first kappa shape index (κ1) is 24.7. The van der Waals surface area contributed by atoms with Crippen molar-refractivity contribution in [3.05, 3.63) is 59.7 Å². The predicted molar refractivity (Wildman–Crippen MR) is 130 cm³/mol. The zero-order valence-corrected chi connectivity index (χ0v) is 20.1.